The Hall–Kier alpha value is -3.33. The number of alkyl halides is 3. The third-order valence-corrected chi connectivity index (χ3v) is 5.32. The molecule has 0 saturated carbocycles. The molecule has 0 aliphatic carbocycles. The molecular weight excluding hydrogens is 405 g/mol. The fourth-order valence-corrected chi connectivity index (χ4v) is 3.51. The van der Waals surface area contributed by atoms with Gasteiger partial charge in [-0.2, -0.15) is 13.2 Å². The smallest absolute Gasteiger partial charge is 0.322 e. The summed E-state index contributed by atoms with van der Waals surface area (Å²) in [7, 11) is -3.80. The molecule has 9 heteroatoms. The van der Waals surface area contributed by atoms with Crippen molar-refractivity contribution in [3.05, 3.63) is 90.0 Å². The number of rotatable bonds is 5. The van der Waals surface area contributed by atoms with Crippen LogP contribution in [0.1, 0.15) is 15.9 Å². The van der Waals surface area contributed by atoms with E-state index >= 15 is 0 Å². The number of amides is 1. The van der Waals surface area contributed by atoms with Gasteiger partial charge in [0.1, 0.15) is 0 Å². The lowest BCUT2D eigenvalue weighted by atomic mass is 10.1. The number of carbonyl (C=O) groups excluding carboxylic acids is 1. The van der Waals surface area contributed by atoms with Crippen molar-refractivity contribution < 1.29 is 26.4 Å². The number of para-hydroxylation sites is 1. The zero-order valence-electron chi connectivity index (χ0n) is 14.8. The van der Waals surface area contributed by atoms with Gasteiger partial charge in [-0.05, 0) is 60.7 Å². The third kappa shape index (κ3) is 5.14. The van der Waals surface area contributed by atoms with Crippen LogP contribution >= 0.6 is 0 Å². The summed E-state index contributed by atoms with van der Waals surface area (Å²) >= 11 is 0. The van der Waals surface area contributed by atoms with Gasteiger partial charge in [-0.3, -0.25) is 9.52 Å². The van der Waals surface area contributed by atoms with Crippen molar-refractivity contribution in [1.82, 2.24) is 0 Å². The fraction of sp³-hybridized carbons (Fsp3) is 0.0500. The van der Waals surface area contributed by atoms with E-state index in [4.69, 9.17) is 0 Å². The van der Waals surface area contributed by atoms with Gasteiger partial charge in [-0.25, -0.2) is 8.42 Å². The molecule has 0 radical (unpaired) electrons. The highest BCUT2D eigenvalue weighted by atomic mass is 32.2. The second kappa shape index (κ2) is 7.96. The van der Waals surface area contributed by atoms with Crippen molar-refractivity contribution >= 4 is 27.3 Å². The molecule has 1 amide bonds. The Bertz CT molecular complexity index is 1100. The van der Waals surface area contributed by atoms with Crippen LogP contribution in [0.4, 0.5) is 24.5 Å². The molecule has 3 aromatic rings. The van der Waals surface area contributed by atoms with Crippen LogP contribution < -0.4 is 10.0 Å². The molecule has 5 nitrogen and oxygen atoms in total. The van der Waals surface area contributed by atoms with Crippen molar-refractivity contribution in [3.63, 3.8) is 0 Å². The molecule has 3 aromatic carbocycles. The van der Waals surface area contributed by atoms with E-state index in [1.807, 2.05) is 0 Å². The normalized spacial score (nSPS) is 11.7. The zero-order valence-corrected chi connectivity index (χ0v) is 15.6. The molecule has 0 unspecified atom stereocenters. The summed E-state index contributed by atoms with van der Waals surface area (Å²) in [6.07, 6.45) is -4.48. The maximum Gasteiger partial charge on any atom is 0.416 e. The SMILES string of the molecule is O=C(Nc1ccc(S(=O)(=O)Nc2ccccc2)cc1)c1ccc(C(F)(F)F)cc1. The van der Waals surface area contributed by atoms with E-state index in [9.17, 15) is 26.4 Å². The first-order valence-electron chi connectivity index (χ1n) is 8.32. The monoisotopic (exact) mass is 420 g/mol. The van der Waals surface area contributed by atoms with E-state index in [1.165, 1.54) is 24.3 Å². The quantitative estimate of drug-likeness (QED) is 0.625. The lowest BCUT2D eigenvalue weighted by Crippen LogP contribution is -2.14. The molecule has 150 valence electrons. The van der Waals surface area contributed by atoms with Gasteiger partial charge in [-0.15, -0.1) is 0 Å². The topological polar surface area (TPSA) is 75.3 Å². The maximum absolute atomic E-state index is 12.6. The lowest BCUT2D eigenvalue weighted by Gasteiger charge is -2.10. The third-order valence-electron chi connectivity index (χ3n) is 3.92. The molecule has 0 fully saturated rings. The molecule has 0 heterocycles. The lowest BCUT2D eigenvalue weighted by molar-refractivity contribution is -0.137. The van der Waals surface area contributed by atoms with Crippen LogP contribution in [-0.4, -0.2) is 14.3 Å². The number of nitrogens with one attached hydrogen (secondary N) is 2. The zero-order chi connectivity index (χ0) is 21.1. The van der Waals surface area contributed by atoms with E-state index in [1.54, 1.807) is 30.3 Å². The Morgan fingerprint density at radius 2 is 1.34 bits per heavy atom. The highest BCUT2D eigenvalue weighted by molar-refractivity contribution is 7.92. The molecule has 29 heavy (non-hydrogen) atoms. The number of hydrogen-bond donors (Lipinski definition) is 2. The molecular formula is C20H15F3N2O3S. The number of carbonyl (C=O) groups is 1. The van der Waals surface area contributed by atoms with Crippen LogP contribution in [0.25, 0.3) is 0 Å². The maximum atomic E-state index is 12.6. The molecule has 0 atom stereocenters. The molecule has 0 saturated heterocycles. The van der Waals surface area contributed by atoms with Gasteiger partial charge < -0.3 is 5.32 Å². The molecule has 0 aliphatic heterocycles. The van der Waals surface area contributed by atoms with Crippen LogP contribution in [0.5, 0.6) is 0 Å². The van der Waals surface area contributed by atoms with Gasteiger partial charge >= 0.3 is 6.18 Å². The van der Waals surface area contributed by atoms with Crippen LogP contribution in [0.15, 0.2) is 83.8 Å². The average Bonchev–Trinajstić information content (AvgIpc) is 2.68. The summed E-state index contributed by atoms with van der Waals surface area (Å²) in [6, 6.07) is 17.5. The van der Waals surface area contributed by atoms with Crippen molar-refractivity contribution in [2.45, 2.75) is 11.1 Å². The predicted molar refractivity (Wildman–Crippen MR) is 103 cm³/mol. The summed E-state index contributed by atoms with van der Waals surface area (Å²) in [4.78, 5) is 12.2. The van der Waals surface area contributed by atoms with Crippen molar-refractivity contribution in [1.29, 1.82) is 0 Å². The number of halogens is 3. The molecule has 0 aromatic heterocycles. The summed E-state index contributed by atoms with van der Waals surface area (Å²) < 4.78 is 64.9. The fourth-order valence-electron chi connectivity index (χ4n) is 2.45. The van der Waals surface area contributed by atoms with Crippen LogP contribution in [-0.2, 0) is 16.2 Å². The molecule has 0 aliphatic rings. The first kappa shape index (κ1) is 20.4. The molecule has 2 N–H and O–H groups in total. The van der Waals surface area contributed by atoms with Crippen LogP contribution in [0.2, 0.25) is 0 Å². The second-order valence-corrected chi connectivity index (χ2v) is 7.71. The first-order valence-corrected chi connectivity index (χ1v) is 9.80. The van der Waals surface area contributed by atoms with Crippen molar-refractivity contribution in [3.8, 4) is 0 Å². The molecule has 0 spiro atoms. The number of benzene rings is 3. The summed E-state index contributed by atoms with van der Waals surface area (Å²) in [6.45, 7) is 0. The highest BCUT2D eigenvalue weighted by Crippen LogP contribution is 2.29. The van der Waals surface area contributed by atoms with E-state index in [0.29, 0.717) is 11.4 Å². The Morgan fingerprint density at radius 3 is 1.90 bits per heavy atom. The largest absolute Gasteiger partial charge is 0.416 e. The second-order valence-electron chi connectivity index (χ2n) is 6.03. The molecule has 3 rings (SSSR count). The summed E-state index contributed by atoms with van der Waals surface area (Å²) in [5.74, 6) is -0.614. The highest BCUT2D eigenvalue weighted by Gasteiger charge is 2.30. The van der Waals surface area contributed by atoms with Gasteiger partial charge in [0.25, 0.3) is 15.9 Å². The van der Waals surface area contributed by atoms with Gasteiger partial charge in [0.05, 0.1) is 10.5 Å². The van der Waals surface area contributed by atoms with Gasteiger partial charge in [0.15, 0.2) is 0 Å². The van der Waals surface area contributed by atoms with Crippen LogP contribution in [0.3, 0.4) is 0 Å². The van der Waals surface area contributed by atoms with E-state index < -0.39 is 27.7 Å². The number of hydrogen-bond acceptors (Lipinski definition) is 3. The summed E-state index contributed by atoms with van der Waals surface area (Å²) in [5.41, 5.74) is -0.101. The number of sulfonamides is 1. The Labute approximate surface area is 165 Å². The van der Waals surface area contributed by atoms with Crippen molar-refractivity contribution in [2.24, 2.45) is 0 Å². The minimum atomic E-state index is -4.48. The minimum absolute atomic E-state index is 0.00566. The Kier molecular flexibility index (Phi) is 5.60. The Morgan fingerprint density at radius 1 is 0.759 bits per heavy atom. The van der Waals surface area contributed by atoms with Crippen LogP contribution in [0, 0.1) is 0 Å². The van der Waals surface area contributed by atoms with E-state index in [2.05, 4.69) is 10.0 Å². The number of anilines is 2. The first-order chi connectivity index (χ1) is 13.6. The van der Waals surface area contributed by atoms with Gasteiger partial charge in [0, 0.05) is 16.9 Å². The molecule has 0 bridgehead atoms. The predicted octanol–water partition coefficient (Wildman–Crippen LogP) is 4.76. The van der Waals surface area contributed by atoms with Gasteiger partial charge in [-0.1, -0.05) is 18.2 Å². The summed E-state index contributed by atoms with van der Waals surface area (Å²) in [5, 5.41) is 2.51. The van der Waals surface area contributed by atoms with Gasteiger partial charge in [0.2, 0.25) is 0 Å². The Balaban J connectivity index is 1.69. The van der Waals surface area contributed by atoms with E-state index in [-0.39, 0.29) is 10.5 Å². The standard InChI is InChI=1S/C20H15F3N2O3S/c21-20(22,23)15-8-6-14(7-9-15)19(26)24-16-10-12-18(13-11-16)29(27,28)25-17-4-2-1-3-5-17/h1-13,25H,(H,24,26). The minimum Gasteiger partial charge on any atom is -0.322 e. The van der Waals surface area contributed by atoms with E-state index in [0.717, 1.165) is 24.3 Å². The average molecular weight is 420 g/mol. The van der Waals surface area contributed by atoms with Crippen molar-refractivity contribution in [2.75, 3.05) is 10.0 Å².